The summed E-state index contributed by atoms with van der Waals surface area (Å²) in [5, 5.41) is 4.08. The second-order valence-corrected chi connectivity index (χ2v) is 7.36. The van der Waals surface area contributed by atoms with Gasteiger partial charge in [0.2, 0.25) is 5.91 Å². The second-order valence-electron chi connectivity index (χ2n) is 7.36. The van der Waals surface area contributed by atoms with Crippen molar-refractivity contribution in [1.29, 1.82) is 0 Å². The zero-order valence-electron chi connectivity index (χ0n) is 17.2. The zero-order valence-corrected chi connectivity index (χ0v) is 17.2. The summed E-state index contributed by atoms with van der Waals surface area (Å²) in [5.74, 6) is 0.0000940. The lowest BCUT2D eigenvalue weighted by molar-refractivity contribution is -0.121. The molecule has 0 aliphatic rings. The van der Waals surface area contributed by atoms with Gasteiger partial charge in [-0.1, -0.05) is 113 Å². The van der Waals surface area contributed by atoms with Gasteiger partial charge in [-0.2, -0.15) is 5.10 Å². The molecule has 0 fully saturated rings. The lowest BCUT2D eigenvalue weighted by atomic mass is 10.0. The van der Waals surface area contributed by atoms with Crippen LogP contribution < -0.4 is 5.43 Å². The summed E-state index contributed by atoms with van der Waals surface area (Å²) in [6.07, 6.45) is 13.6. The fourth-order valence-electron chi connectivity index (χ4n) is 3.22. The number of nitrogens with one attached hydrogen (secondary N) is 1. The first-order valence-electron chi connectivity index (χ1n) is 10.8. The van der Waals surface area contributed by atoms with Gasteiger partial charge in [0.25, 0.3) is 0 Å². The molecule has 0 radical (unpaired) electrons. The van der Waals surface area contributed by atoms with Crippen molar-refractivity contribution < 1.29 is 4.79 Å². The Balaban J connectivity index is 1.57. The summed E-state index contributed by atoms with van der Waals surface area (Å²) in [6.45, 7) is 2.25. The van der Waals surface area contributed by atoms with E-state index in [9.17, 15) is 4.79 Å². The van der Waals surface area contributed by atoms with Crippen LogP contribution in [0.1, 0.15) is 76.7 Å². The molecule has 3 nitrogen and oxygen atoms in total. The predicted octanol–water partition coefficient (Wildman–Crippen LogP) is 6.72. The number of hydrazone groups is 1. The third-order valence-corrected chi connectivity index (χ3v) is 4.93. The summed E-state index contributed by atoms with van der Waals surface area (Å²) in [6, 6.07) is 18.4. The zero-order chi connectivity index (χ0) is 19.9. The van der Waals surface area contributed by atoms with E-state index in [1.165, 1.54) is 56.1 Å². The topological polar surface area (TPSA) is 41.5 Å². The van der Waals surface area contributed by atoms with Gasteiger partial charge in [-0.25, -0.2) is 5.43 Å². The minimum atomic E-state index is 0.0000940. The van der Waals surface area contributed by atoms with Crippen LogP contribution >= 0.6 is 0 Å². The minimum absolute atomic E-state index is 0.0000940. The number of nitrogens with zero attached hydrogens (tertiary/aromatic N) is 1. The molecule has 0 heterocycles. The van der Waals surface area contributed by atoms with E-state index in [0.717, 1.165) is 18.4 Å². The molecule has 0 spiro atoms. The van der Waals surface area contributed by atoms with Crippen molar-refractivity contribution in [2.75, 3.05) is 0 Å². The van der Waals surface area contributed by atoms with Gasteiger partial charge in [0.15, 0.2) is 0 Å². The fourth-order valence-corrected chi connectivity index (χ4v) is 3.22. The molecule has 150 valence electrons. The van der Waals surface area contributed by atoms with E-state index in [1.807, 2.05) is 30.3 Å². The first-order valence-corrected chi connectivity index (χ1v) is 10.8. The van der Waals surface area contributed by atoms with Crippen LogP contribution in [-0.4, -0.2) is 12.1 Å². The highest BCUT2D eigenvalue weighted by atomic mass is 16.2. The summed E-state index contributed by atoms with van der Waals surface area (Å²) >= 11 is 0. The number of unbranched alkanes of at least 4 members (excludes halogenated alkanes) is 8. The lowest BCUT2D eigenvalue weighted by Crippen LogP contribution is -2.16. The van der Waals surface area contributed by atoms with Crippen molar-refractivity contribution >= 4 is 12.1 Å². The Labute approximate surface area is 170 Å². The SMILES string of the molecule is CCCCCCCCCCCC(=O)N/N=C/c1ccc(-c2ccccc2)cc1. The van der Waals surface area contributed by atoms with E-state index in [-0.39, 0.29) is 5.91 Å². The molecule has 1 N–H and O–H groups in total. The number of amides is 1. The molecule has 0 unspecified atom stereocenters. The highest BCUT2D eigenvalue weighted by Crippen LogP contribution is 2.18. The molecule has 28 heavy (non-hydrogen) atoms. The Morgan fingerprint density at radius 3 is 2.00 bits per heavy atom. The van der Waals surface area contributed by atoms with Crippen LogP contribution in [0.2, 0.25) is 0 Å². The Kier molecular flexibility index (Phi) is 10.7. The van der Waals surface area contributed by atoms with Gasteiger partial charge < -0.3 is 0 Å². The summed E-state index contributed by atoms with van der Waals surface area (Å²) < 4.78 is 0. The number of benzene rings is 2. The number of carbonyl (C=O) groups excluding carboxylic acids is 1. The van der Waals surface area contributed by atoms with Crippen LogP contribution in [0.4, 0.5) is 0 Å². The molecule has 2 aromatic carbocycles. The van der Waals surface area contributed by atoms with Gasteiger partial charge >= 0.3 is 0 Å². The van der Waals surface area contributed by atoms with E-state index in [1.54, 1.807) is 6.21 Å². The summed E-state index contributed by atoms with van der Waals surface area (Å²) in [7, 11) is 0. The average Bonchev–Trinajstić information content (AvgIpc) is 2.74. The molecule has 0 atom stereocenters. The van der Waals surface area contributed by atoms with Crippen molar-refractivity contribution in [1.82, 2.24) is 5.43 Å². The third-order valence-electron chi connectivity index (χ3n) is 4.93. The molecular weight excluding hydrogens is 344 g/mol. The third kappa shape index (κ3) is 8.98. The fraction of sp³-hybridized carbons (Fsp3) is 0.440. The molecule has 2 rings (SSSR count). The van der Waals surface area contributed by atoms with Gasteiger partial charge in [0, 0.05) is 6.42 Å². The van der Waals surface area contributed by atoms with E-state index in [4.69, 9.17) is 0 Å². The van der Waals surface area contributed by atoms with Gasteiger partial charge in [0.05, 0.1) is 6.21 Å². The van der Waals surface area contributed by atoms with Crippen LogP contribution in [0.15, 0.2) is 59.7 Å². The van der Waals surface area contributed by atoms with Crippen molar-refractivity contribution in [3.8, 4) is 11.1 Å². The van der Waals surface area contributed by atoms with Crippen LogP contribution in [0.25, 0.3) is 11.1 Å². The second kappa shape index (κ2) is 13.7. The summed E-state index contributed by atoms with van der Waals surface area (Å²) in [5.41, 5.74) is 5.98. The van der Waals surface area contributed by atoms with E-state index < -0.39 is 0 Å². The van der Waals surface area contributed by atoms with Crippen molar-refractivity contribution in [2.24, 2.45) is 5.10 Å². The number of hydrogen-bond acceptors (Lipinski definition) is 2. The molecular formula is C25H34N2O. The maximum absolute atomic E-state index is 11.9. The molecule has 0 aromatic heterocycles. The van der Waals surface area contributed by atoms with E-state index in [0.29, 0.717) is 6.42 Å². The highest BCUT2D eigenvalue weighted by molar-refractivity contribution is 5.83. The normalized spacial score (nSPS) is 11.0. The monoisotopic (exact) mass is 378 g/mol. The molecule has 3 heteroatoms. The Bertz CT molecular complexity index is 692. The maximum atomic E-state index is 11.9. The predicted molar refractivity (Wildman–Crippen MR) is 119 cm³/mol. The van der Waals surface area contributed by atoms with Crippen LogP contribution in [0, 0.1) is 0 Å². The van der Waals surface area contributed by atoms with Crippen molar-refractivity contribution in [3.05, 3.63) is 60.2 Å². The molecule has 0 aliphatic carbocycles. The van der Waals surface area contributed by atoms with Crippen LogP contribution in [0.5, 0.6) is 0 Å². The minimum Gasteiger partial charge on any atom is -0.273 e. The largest absolute Gasteiger partial charge is 0.273 e. The number of hydrogen-bond donors (Lipinski definition) is 1. The van der Waals surface area contributed by atoms with Crippen molar-refractivity contribution in [2.45, 2.75) is 71.1 Å². The molecule has 0 aliphatic heterocycles. The standard InChI is InChI=1S/C25H34N2O/c1-2-3-4-5-6-7-8-9-13-16-25(28)27-26-21-22-17-19-24(20-18-22)23-14-11-10-12-15-23/h10-12,14-15,17-21H,2-9,13,16H2,1H3,(H,27,28)/b26-21+. The maximum Gasteiger partial charge on any atom is 0.240 e. The summed E-state index contributed by atoms with van der Waals surface area (Å²) in [4.78, 5) is 11.9. The quantitative estimate of drug-likeness (QED) is 0.234. The Hall–Kier alpha value is -2.42. The molecule has 0 saturated heterocycles. The van der Waals surface area contributed by atoms with Gasteiger partial charge in [0.1, 0.15) is 0 Å². The number of rotatable bonds is 13. The van der Waals surface area contributed by atoms with Gasteiger partial charge in [-0.3, -0.25) is 4.79 Å². The molecule has 0 saturated carbocycles. The number of carbonyl (C=O) groups is 1. The van der Waals surface area contributed by atoms with Crippen LogP contribution in [0.3, 0.4) is 0 Å². The van der Waals surface area contributed by atoms with Crippen LogP contribution in [-0.2, 0) is 4.79 Å². The average molecular weight is 379 g/mol. The van der Waals surface area contributed by atoms with Crippen molar-refractivity contribution in [3.63, 3.8) is 0 Å². The first kappa shape index (κ1) is 21.9. The lowest BCUT2D eigenvalue weighted by Gasteiger charge is -2.03. The highest BCUT2D eigenvalue weighted by Gasteiger charge is 2.00. The Morgan fingerprint density at radius 2 is 1.36 bits per heavy atom. The van der Waals surface area contributed by atoms with E-state index >= 15 is 0 Å². The molecule has 2 aromatic rings. The molecule has 1 amide bonds. The molecule has 0 bridgehead atoms. The van der Waals surface area contributed by atoms with E-state index in [2.05, 4.69) is 41.7 Å². The first-order chi connectivity index (χ1) is 13.8. The van der Waals surface area contributed by atoms with Gasteiger partial charge in [-0.15, -0.1) is 0 Å². The van der Waals surface area contributed by atoms with Gasteiger partial charge in [-0.05, 0) is 23.1 Å². The Morgan fingerprint density at radius 1 is 0.786 bits per heavy atom. The smallest absolute Gasteiger partial charge is 0.240 e.